The highest BCUT2D eigenvalue weighted by atomic mass is 19.1. The molecule has 0 unspecified atom stereocenters. The van der Waals surface area contributed by atoms with E-state index in [0.717, 1.165) is 11.3 Å². The summed E-state index contributed by atoms with van der Waals surface area (Å²) in [6.45, 7) is 3.56. The van der Waals surface area contributed by atoms with E-state index in [4.69, 9.17) is 0 Å². The van der Waals surface area contributed by atoms with Crippen molar-refractivity contribution in [2.24, 2.45) is 0 Å². The number of likely N-dealkylation sites (tertiary alicyclic amines) is 1. The van der Waals surface area contributed by atoms with Crippen LogP contribution in [0.2, 0.25) is 0 Å². The number of rotatable bonds is 8. The molecule has 1 aromatic carbocycles. The summed E-state index contributed by atoms with van der Waals surface area (Å²) >= 11 is 0. The van der Waals surface area contributed by atoms with E-state index in [-0.39, 0.29) is 36.9 Å². The molecule has 3 atom stereocenters. The molecule has 0 radical (unpaired) electrons. The van der Waals surface area contributed by atoms with Crippen molar-refractivity contribution < 1.29 is 18.4 Å². The second-order valence-corrected chi connectivity index (χ2v) is 9.94. The van der Waals surface area contributed by atoms with E-state index in [0.29, 0.717) is 16.8 Å². The molecule has 0 saturated carbocycles. The van der Waals surface area contributed by atoms with Gasteiger partial charge in [0.2, 0.25) is 17.8 Å². The summed E-state index contributed by atoms with van der Waals surface area (Å²) in [6.07, 6.45) is 1.71. The molecular weight excluding hydrogens is 506 g/mol. The van der Waals surface area contributed by atoms with Crippen molar-refractivity contribution in [3.8, 4) is 11.3 Å². The Hall–Kier alpha value is -4.32. The van der Waals surface area contributed by atoms with Crippen LogP contribution in [0, 0.1) is 5.95 Å². The van der Waals surface area contributed by atoms with E-state index in [1.165, 1.54) is 4.90 Å². The van der Waals surface area contributed by atoms with Gasteiger partial charge in [-0.15, -0.1) is 0 Å². The number of carbonyl (C=O) groups excluding carboxylic acids is 2. The van der Waals surface area contributed by atoms with Crippen molar-refractivity contribution in [1.82, 2.24) is 41.8 Å². The molecular formula is C27H30F2N8O2. The normalized spacial score (nSPS) is 19.4. The van der Waals surface area contributed by atoms with Gasteiger partial charge < -0.3 is 21.1 Å². The molecule has 2 aliphatic heterocycles. The molecule has 12 heteroatoms. The lowest BCUT2D eigenvalue weighted by atomic mass is 9.97. The molecule has 10 nitrogen and oxygen atoms in total. The SMILES string of the molecule is CC(C)c1ccc([C@@H](NC(=O)[C@@H]2C[C@@H](F)CN2C(=O)CC2=CNNN2)c2cccc(-c3ccn[nH]3)c2)nc1F. The summed E-state index contributed by atoms with van der Waals surface area (Å²) in [4.78, 5) is 32.0. The van der Waals surface area contributed by atoms with E-state index in [1.54, 1.807) is 30.6 Å². The number of pyridine rings is 1. The predicted octanol–water partition coefficient (Wildman–Crippen LogP) is 2.72. The van der Waals surface area contributed by atoms with Crippen LogP contribution in [0.25, 0.3) is 11.3 Å². The maximum atomic E-state index is 15.0. The molecule has 4 heterocycles. The van der Waals surface area contributed by atoms with Crippen molar-refractivity contribution in [2.45, 2.75) is 50.9 Å². The van der Waals surface area contributed by atoms with Gasteiger partial charge >= 0.3 is 0 Å². The van der Waals surface area contributed by atoms with E-state index >= 15 is 0 Å². The van der Waals surface area contributed by atoms with Crippen molar-refractivity contribution in [2.75, 3.05) is 6.54 Å². The van der Waals surface area contributed by atoms with Crippen LogP contribution in [0.4, 0.5) is 8.78 Å². The first kappa shape index (κ1) is 26.3. The highest BCUT2D eigenvalue weighted by molar-refractivity contribution is 5.89. The van der Waals surface area contributed by atoms with Gasteiger partial charge in [0.05, 0.1) is 36.1 Å². The highest BCUT2D eigenvalue weighted by Crippen LogP contribution is 2.29. The van der Waals surface area contributed by atoms with Gasteiger partial charge in [0.1, 0.15) is 12.2 Å². The first-order valence-corrected chi connectivity index (χ1v) is 12.8. The van der Waals surface area contributed by atoms with Crippen LogP contribution in [0.1, 0.15) is 55.5 Å². The van der Waals surface area contributed by atoms with Crippen LogP contribution in [-0.2, 0) is 9.59 Å². The zero-order chi connectivity index (χ0) is 27.5. The highest BCUT2D eigenvalue weighted by Gasteiger charge is 2.41. The summed E-state index contributed by atoms with van der Waals surface area (Å²) in [7, 11) is 0. The molecule has 5 rings (SSSR count). The van der Waals surface area contributed by atoms with Crippen molar-refractivity contribution in [3.05, 3.63) is 83.3 Å². The fourth-order valence-corrected chi connectivity index (χ4v) is 4.86. The summed E-state index contributed by atoms with van der Waals surface area (Å²) in [6, 6.07) is 10.6. The number of hydrogen-bond donors (Lipinski definition) is 5. The minimum absolute atomic E-state index is 0.0322. The summed E-state index contributed by atoms with van der Waals surface area (Å²) < 4.78 is 29.5. The predicted molar refractivity (Wildman–Crippen MR) is 139 cm³/mol. The Labute approximate surface area is 224 Å². The lowest BCUT2D eigenvalue weighted by molar-refractivity contribution is -0.138. The van der Waals surface area contributed by atoms with Crippen LogP contribution < -0.4 is 21.7 Å². The summed E-state index contributed by atoms with van der Waals surface area (Å²) in [5.74, 6) is -1.62. The van der Waals surface area contributed by atoms with E-state index in [2.05, 4.69) is 36.9 Å². The second-order valence-electron chi connectivity index (χ2n) is 9.94. The zero-order valence-corrected chi connectivity index (χ0v) is 21.5. The van der Waals surface area contributed by atoms with Crippen LogP contribution in [0.3, 0.4) is 0 Å². The Morgan fingerprint density at radius 1 is 1.21 bits per heavy atom. The third-order valence-corrected chi connectivity index (χ3v) is 6.89. The molecule has 0 spiro atoms. The van der Waals surface area contributed by atoms with Crippen molar-refractivity contribution in [1.29, 1.82) is 0 Å². The van der Waals surface area contributed by atoms with Gasteiger partial charge in [0, 0.05) is 24.4 Å². The molecule has 2 amide bonds. The van der Waals surface area contributed by atoms with E-state index < -0.39 is 30.1 Å². The van der Waals surface area contributed by atoms with Crippen LogP contribution in [-0.4, -0.2) is 50.7 Å². The minimum Gasteiger partial charge on any atom is -0.342 e. The van der Waals surface area contributed by atoms with Crippen molar-refractivity contribution in [3.63, 3.8) is 0 Å². The number of aromatic nitrogens is 3. The monoisotopic (exact) mass is 536 g/mol. The van der Waals surface area contributed by atoms with Gasteiger partial charge in [-0.25, -0.2) is 9.37 Å². The first-order valence-electron chi connectivity index (χ1n) is 12.8. The molecule has 5 N–H and O–H groups in total. The molecule has 2 aromatic heterocycles. The number of hydrazine groups is 2. The summed E-state index contributed by atoms with van der Waals surface area (Å²) in [5, 5.41) is 9.83. The lowest BCUT2D eigenvalue weighted by Crippen LogP contribution is -2.47. The topological polar surface area (TPSA) is 127 Å². The van der Waals surface area contributed by atoms with Crippen LogP contribution >= 0.6 is 0 Å². The Morgan fingerprint density at radius 2 is 2.05 bits per heavy atom. The van der Waals surface area contributed by atoms with Crippen LogP contribution in [0.5, 0.6) is 0 Å². The van der Waals surface area contributed by atoms with Gasteiger partial charge in [-0.3, -0.25) is 14.7 Å². The number of H-pyrrole nitrogens is 1. The van der Waals surface area contributed by atoms with Gasteiger partial charge in [-0.2, -0.15) is 15.0 Å². The number of carbonyl (C=O) groups is 2. The average Bonchev–Trinajstić information content (AvgIpc) is 3.69. The number of hydrogen-bond acceptors (Lipinski definition) is 7. The van der Waals surface area contributed by atoms with Gasteiger partial charge in [0.15, 0.2) is 0 Å². The molecule has 0 bridgehead atoms. The Morgan fingerprint density at radius 3 is 2.74 bits per heavy atom. The standard InChI is InChI=1S/C27H30F2N8O2/c1-15(2)20-6-7-22(32-26(20)29)25(17-5-3-4-16(10-17)21-8-9-30-35-21)33-27(39)23-11-18(28)14-37(23)24(38)12-19-13-31-36-34-19/h3-10,13,15,18,23,25,31,34,36H,11-12,14H2,1-2H3,(H,30,35)(H,33,39)/t18-,23+,25+/m1/s1. The van der Waals surface area contributed by atoms with Gasteiger partial charge in [-0.1, -0.05) is 38.1 Å². The number of benzene rings is 1. The number of nitrogens with one attached hydrogen (secondary N) is 5. The third-order valence-electron chi connectivity index (χ3n) is 6.89. The fraction of sp³-hybridized carbons (Fsp3) is 0.333. The minimum atomic E-state index is -1.34. The van der Waals surface area contributed by atoms with Crippen molar-refractivity contribution >= 4 is 11.8 Å². The summed E-state index contributed by atoms with van der Waals surface area (Å²) in [5.41, 5.74) is 11.7. The maximum absolute atomic E-state index is 15.0. The van der Waals surface area contributed by atoms with E-state index in [9.17, 15) is 18.4 Å². The molecule has 39 heavy (non-hydrogen) atoms. The van der Waals surface area contributed by atoms with Crippen LogP contribution in [0.15, 0.2) is 60.6 Å². The average molecular weight is 537 g/mol. The number of amides is 2. The Bertz CT molecular complexity index is 1380. The fourth-order valence-electron chi connectivity index (χ4n) is 4.86. The van der Waals surface area contributed by atoms with Gasteiger partial charge in [0.25, 0.3) is 0 Å². The largest absolute Gasteiger partial charge is 0.342 e. The number of alkyl halides is 1. The second kappa shape index (κ2) is 11.2. The number of aromatic amines is 1. The smallest absolute Gasteiger partial charge is 0.243 e. The zero-order valence-electron chi connectivity index (χ0n) is 21.5. The Balaban J connectivity index is 1.45. The maximum Gasteiger partial charge on any atom is 0.243 e. The molecule has 1 fully saturated rings. The molecule has 2 aliphatic rings. The van der Waals surface area contributed by atoms with E-state index in [1.807, 2.05) is 38.1 Å². The quantitative estimate of drug-likeness (QED) is 0.280. The van der Waals surface area contributed by atoms with Gasteiger partial charge in [-0.05, 0) is 35.2 Å². The lowest BCUT2D eigenvalue weighted by Gasteiger charge is -2.27. The molecule has 3 aromatic rings. The molecule has 0 aliphatic carbocycles. The number of halogens is 2. The Kier molecular flexibility index (Phi) is 7.55. The first-order chi connectivity index (χ1) is 18.8. The molecule has 204 valence electrons. The molecule has 1 saturated heterocycles. The number of nitrogens with zero attached hydrogens (tertiary/aromatic N) is 3. The third kappa shape index (κ3) is 5.75.